The van der Waals surface area contributed by atoms with Gasteiger partial charge in [-0.05, 0) is 36.4 Å². The van der Waals surface area contributed by atoms with Crippen LogP contribution >= 0.6 is 0 Å². The van der Waals surface area contributed by atoms with E-state index < -0.39 is 6.10 Å². The summed E-state index contributed by atoms with van der Waals surface area (Å²) in [5.41, 5.74) is 1.28. The topological polar surface area (TPSA) is 67.9 Å². The van der Waals surface area contributed by atoms with Crippen LogP contribution in [-0.4, -0.2) is 31.1 Å². The highest BCUT2D eigenvalue weighted by molar-refractivity contribution is 6.04. The highest BCUT2D eigenvalue weighted by Crippen LogP contribution is 2.31. The second-order valence-corrected chi connectivity index (χ2v) is 6.54. The predicted octanol–water partition coefficient (Wildman–Crippen LogP) is 3.50. The first-order chi connectivity index (χ1) is 14.2. The maximum absolute atomic E-state index is 13.2. The minimum absolute atomic E-state index is 0.0828. The molecule has 0 unspecified atom stereocenters. The first-order valence-corrected chi connectivity index (χ1v) is 9.30. The predicted molar refractivity (Wildman–Crippen MR) is 110 cm³/mol. The zero-order valence-corrected chi connectivity index (χ0v) is 15.7. The Labute approximate surface area is 168 Å². The lowest BCUT2D eigenvalue weighted by molar-refractivity contribution is -0.129. The van der Waals surface area contributed by atoms with Crippen LogP contribution in [0, 0.1) is 0 Å². The molecule has 3 aromatic carbocycles. The summed E-state index contributed by atoms with van der Waals surface area (Å²) in [4.78, 5) is 27.3. The highest BCUT2D eigenvalue weighted by Gasteiger charge is 2.32. The molecule has 1 N–H and O–H groups in total. The first-order valence-electron chi connectivity index (χ1n) is 9.30. The van der Waals surface area contributed by atoms with Crippen LogP contribution in [0.5, 0.6) is 11.5 Å². The van der Waals surface area contributed by atoms with E-state index in [0.717, 1.165) is 0 Å². The summed E-state index contributed by atoms with van der Waals surface area (Å²) in [5, 5.41) is 2.81. The molecule has 0 saturated heterocycles. The fourth-order valence-electron chi connectivity index (χ4n) is 3.09. The molecule has 6 heteroatoms. The van der Waals surface area contributed by atoms with E-state index in [9.17, 15) is 9.59 Å². The molecule has 146 valence electrons. The van der Waals surface area contributed by atoms with Crippen LogP contribution in [0.3, 0.4) is 0 Å². The van der Waals surface area contributed by atoms with Crippen molar-refractivity contribution in [2.45, 2.75) is 6.10 Å². The molecule has 4 rings (SSSR count). The minimum atomic E-state index is -0.838. The maximum atomic E-state index is 13.2. The Morgan fingerprint density at radius 3 is 2.21 bits per heavy atom. The van der Waals surface area contributed by atoms with Crippen LogP contribution in [0.1, 0.15) is 0 Å². The number of ether oxygens (including phenoxy) is 2. The largest absolute Gasteiger partial charge is 0.485 e. The summed E-state index contributed by atoms with van der Waals surface area (Å²) in [6.45, 7) is -0.0568. The Bertz CT molecular complexity index is 992. The molecule has 29 heavy (non-hydrogen) atoms. The summed E-state index contributed by atoms with van der Waals surface area (Å²) in [6.07, 6.45) is -0.838. The number of amides is 2. The Hall–Kier alpha value is -3.80. The molecule has 0 saturated carbocycles. The lowest BCUT2D eigenvalue weighted by Gasteiger charge is -2.30. The van der Waals surface area contributed by atoms with Gasteiger partial charge in [0.25, 0.3) is 5.91 Å². The molecule has 6 nitrogen and oxygen atoms in total. The zero-order chi connectivity index (χ0) is 20.1. The number of fused-ring (bicyclic) bond motifs is 1. The Morgan fingerprint density at radius 1 is 0.862 bits per heavy atom. The summed E-state index contributed by atoms with van der Waals surface area (Å²) >= 11 is 0. The molecule has 0 bridgehead atoms. The van der Waals surface area contributed by atoms with E-state index in [-0.39, 0.29) is 25.0 Å². The van der Waals surface area contributed by atoms with Crippen LogP contribution in [-0.2, 0) is 9.59 Å². The number of hydrogen-bond acceptors (Lipinski definition) is 4. The average molecular weight is 388 g/mol. The second kappa shape index (κ2) is 8.48. The van der Waals surface area contributed by atoms with Crippen LogP contribution in [0.15, 0.2) is 84.9 Å². The third-order valence-electron chi connectivity index (χ3n) is 4.48. The zero-order valence-electron chi connectivity index (χ0n) is 15.7. The molecule has 0 fully saturated rings. The van der Waals surface area contributed by atoms with Crippen molar-refractivity contribution < 1.29 is 19.1 Å². The second-order valence-electron chi connectivity index (χ2n) is 6.54. The van der Waals surface area contributed by atoms with E-state index in [1.54, 1.807) is 36.4 Å². The monoisotopic (exact) mass is 388 g/mol. The quantitative estimate of drug-likeness (QED) is 0.726. The van der Waals surface area contributed by atoms with Gasteiger partial charge in [-0.3, -0.25) is 14.5 Å². The van der Waals surface area contributed by atoms with Gasteiger partial charge in [-0.25, -0.2) is 0 Å². The average Bonchev–Trinajstić information content (AvgIpc) is 2.78. The van der Waals surface area contributed by atoms with Gasteiger partial charge in [-0.1, -0.05) is 48.5 Å². The lowest BCUT2D eigenvalue weighted by Crippen LogP contribution is -2.49. The molecule has 0 spiro atoms. The molecule has 3 aromatic rings. The number of rotatable bonds is 5. The minimum Gasteiger partial charge on any atom is -0.485 e. The van der Waals surface area contributed by atoms with Gasteiger partial charge in [-0.2, -0.15) is 0 Å². The number of nitrogens with zero attached hydrogens (tertiary/aromatic N) is 1. The molecule has 0 aromatic heterocycles. The molecule has 1 heterocycles. The fourth-order valence-corrected chi connectivity index (χ4v) is 3.09. The van der Waals surface area contributed by atoms with Gasteiger partial charge in [0.2, 0.25) is 12.0 Å². The molecule has 1 aliphatic heterocycles. The number of benzene rings is 3. The molecular weight excluding hydrogens is 368 g/mol. The SMILES string of the molecule is O=C(CN(C(=O)[C@H]1COc2ccccc2O1)c1ccccc1)Nc1ccccc1. The Kier molecular flexibility index (Phi) is 5.42. The lowest BCUT2D eigenvalue weighted by atomic mass is 10.2. The van der Waals surface area contributed by atoms with Gasteiger partial charge in [-0.15, -0.1) is 0 Å². The van der Waals surface area contributed by atoms with E-state index in [4.69, 9.17) is 9.47 Å². The van der Waals surface area contributed by atoms with Crippen molar-refractivity contribution in [1.29, 1.82) is 0 Å². The fraction of sp³-hybridized carbons (Fsp3) is 0.130. The molecular formula is C23H20N2O4. The van der Waals surface area contributed by atoms with E-state index in [1.165, 1.54) is 4.90 Å². The van der Waals surface area contributed by atoms with Crippen molar-refractivity contribution in [3.63, 3.8) is 0 Å². The summed E-state index contributed by atoms with van der Waals surface area (Å²) < 4.78 is 11.5. The number of para-hydroxylation sites is 4. The van der Waals surface area contributed by atoms with Gasteiger partial charge in [0.15, 0.2) is 11.5 Å². The third kappa shape index (κ3) is 4.38. The van der Waals surface area contributed by atoms with Crippen molar-refractivity contribution in [3.05, 3.63) is 84.9 Å². The number of anilines is 2. The standard InChI is InChI=1S/C23H20N2O4/c26-22(24-17-9-3-1-4-10-17)15-25(18-11-5-2-6-12-18)23(27)21-16-28-19-13-7-8-14-20(19)29-21/h1-14,21H,15-16H2,(H,24,26)/t21-/m1/s1. The van der Waals surface area contributed by atoms with E-state index in [1.807, 2.05) is 48.5 Å². The smallest absolute Gasteiger partial charge is 0.272 e. The van der Waals surface area contributed by atoms with Gasteiger partial charge >= 0.3 is 0 Å². The molecule has 2 amide bonds. The summed E-state index contributed by atoms with van der Waals surface area (Å²) in [5.74, 6) is 0.475. The summed E-state index contributed by atoms with van der Waals surface area (Å²) in [7, 11) is 0. The van der Waals surface area contributed by atoms with Crippen molar-refractivity contribution in [2.24, 2.45) is 0 Å². The van der Waals surface area contributed by atoms with E-state index in [2.05, 4.69) is 5.32 Å². The third-order valence-corrected chi connectivity index (χ3v) is 4.48. The van der Waals surface area contributed by atoms with Crippen LogP contribution in [0.25, 0.3) is 0 Å². The summed E-state index contributed by atoms with van der Waals surface area (Å²) in [6, 6.07) is 25.4. The molecule has 1 aliphatic rings. The van der Waals surface area contributed by atoms with Crippen molar-refractivity contribution in [2.75, 3.05) is 23.4 Å². The van der Waals surface area contributed by atoms with Crippen molar-refractivity contribution >= 4 is 23.2 Å². The number of carbonyl (C=O) groups excluding carboxylic acids is 2. The molecule has 0 aliphatic carbocycles. The van der Waals surface area contributed by atoms with Crippen LogP contribution in [0.4, 0.5) is 11.4 Å². The number of hydrogen-bond donors (Lipinski definition) is 1. The van der Waals surface area contributed by atoms with Gasteiger partial charge in [0, 0.05) is 11.4 Å². The van der Waals surface area contributed by atoms with Crippen LogP contribution < -0.4 is 19.7 Å². The number of carbonyl (C=O) groups is 2. The molecule has 1 atom stereocenters. The number of nitrogens with one attached hydrogen (secondary N) is 1. The normalized spacial score (nSPS) is 14.7. The maximum Gasteiger partial charge on any atom is 0.272 e. The van der Waals surface area contributed by atoms with Crippen molar-refractivity contribution in [3.8, 4) is 11.5 Å². The van der Waals surface area contributed by atoms with Gasteiger partial charge in [0.1, 0.15) is 13.2 Å². The van der Waals surface area contributed by atoms with Crippen molar-refractivity contribution in [1.82, 2.24) is 0 Å². The van der Waals surface area contributed by atoms with Crippen LogP contribution in [0.2, 0.25) is 0 Å². The molecule has 0 radical (unpaired) electrons. The Morgan fingerprint density at radius 2 is 1.48 bits per heavy atom. The van der Waals surface area contributed by atoms with Gasteiger partial charge < -0.3 is 14.8 Å². The van der Waals surface area contributed by atoms with E-state index >= 15 is 0 Å². The highest BCUT2D eigenvalue weighted by atomic mass is 16.6. The van der Waals surface area contributed by atoms with Gasteiger partial charge in [0.05, 0.1) is 0 Å². The Balaban J connectivity index is 1.53. The van der Waals surface area contributed by atoms with E-state index in [0.29, 0.717) is 22.9 Å². The first kappa shape index (κ1) is 18.6.